The van der Waals surface area contributed by atoms with Crippen molar-refractivity contribution < 1.29 is 9.53 Å². The highest BCUT2D eigenvalue weighted by Gasteiger charge is 2.30. The summed E-state index contributed by atoms with van der Waals surface area (Å²) in [5, 5.41) is 3.14. The number of carbonyl (C=O) groups excluding carboxylic acids is 1. The second kappa shape index (κ2) is 8.68. The zero-order valence-electron chi connectivity index (χ0n) is 15.2. The first-order chi connectivity index (χ1) is 12.7. The molecule has 0 bridgehead atoms. The summed E-state index contributed by atoms with van der Waals surface area (Å²) in [5.74, 6) is 0.898. The van der Waals surface area contributed by atoms with E-state index >= 15 is 0 Å². The fourth-order valence-electron chi connectivity index (χ4n) is 2.97. The molecule has 1 fully saturated rings. The van der Waals surface area contributed by atoms with Crippen molar-refractivity contribution in [2.75, 3.05) is 13.7 Å². The Morgan fingerprint density at radius 2 is 1.92 bits per heavy atom. The predicted octanol–water partition coefficient (Wildman–Crippen LogP) is 3.70. The van der Waals surface area contributed by atoms with Gasteiger partial charge >= 0.3 is 0 Å². The van der Waals surface area contributed by atoms with E-state index in [0.29, 0.717) is 19.2 Å². The van der Waals surface area contributed by atoms with Gasteiger partial charge in [-0.15, -0.1) is 0 Å². The zero-order chi connectivity index (χ0) is 18.4. The van der Waals surface area contributed by atoms with Crippen molar-refractivity contribution in [2.45, 2.75) is 31.5 Å². The van der Waals surface area contributed by atoms with Crippen LogP contribution >= 0.6 is 0 Å². The average molecular weight is 350 g/mol. The number of amides is 1. The molecular formula is C22H26N2O2. The minimum Gasteiger partial charge on any atom is -0.490 e. The zero-order valence-corrected chi connectivity index (χ0v) is 15.2. The lowest BCUT2D eigenvalue weighted by atomic mass is 10.0. The molecule has 1 aliphatic rings. The topological polar surface area (TPSA) is 41.6 Å². The molecule has 0 unspecified atom stereocenters. The SMILES string of the molecule is C=CCOc1ccc(CN(C)[C@H](C(=O)NC2CC2)c2ccccc2)cc1. The van der Waals surface area contributed by atoms with Gasteiger partial charge in [-0.1, -0.05) is 55.1 Å². The third kappa shape index (κ3) is 4.96. The van der Waals surface area contributed by atoms with Gasteiger partial charge in [0.15, 0.2) is 0 Å². The van der Waals surface area contributed by atoms with E-state index in [2.05, 4.69) is 16.8 Å². The van der Waals surface area contributed by atoms with Crippen LogP contribution in [0.25, 0.3) is 0 Å². The number of nitrogens with one attached hydrogen (secondary N) is 1. The monoisotopic (exact) mass is 350 g/mol. The van der Waals surface area contributed by atoms with E-state index in [4.69, 9.17) is 4.74 Å². The molecule has 1 amide bonds. The molecule has 1 aliphatic carbocycles. The van der Waals surface area contributed by atoms with E-state index < -0.39 is 0 Å². The van der Waals surface area contributed by atoms with Gasteiger partial charge in [-0.3, -0.25) is 9.69 Å². The maximum absolute atomic E-state index is 12.8. The first-order valence-corrected chi connectivity index (χ1v) is 9.05. The largest absolute Gasteiger partial charge is 0.490 e. The lowest BCUT2D eigenvalue weighted by Gasteiger charge is -2.27. The maximum Gasteiger partial charge on any atom is 0.242 e. The van der Waals surface area contributed by atoms with Crippen molar-refractivity contribution >= 4 is 5.91 Å². The lowest BCUT2D eigenvalue weighted by molar-refractivity contribution is -0.126. The number of ether oxygens (including phenoxy) is 1. The summed E-state index contributed by atoms with van der Waals surface area (Å²) in [5.41, 5.74) is 2.15. The van der Waals surface area contributed by atoms with Crippen LogP contribution in [-0.2, 0) is 11.3 Å². The molecule has 1 N–H and O–H groups in total. The van der Waals surface area contributed by atoms with Crippen molar-refractivity contribution in [1.29, 1.82) is 0 Å². The molecule has 26 heavy (non-hydrogen) atoms. The van der Waals surface area contributed by atoms with Gasteiger partial charge in [-0.2, -0.15) is 0 Å². The molecule has 0 saturated heterocycles. The van der Waals surface area contributed by atoms with Crippen LogP contribution in [0.5, 0.6) is 5.75 Å². The summed E-state index contributed by atoms with van der Waals surface area (Å²) in [6, 6.07) is 18.0. The molecule has 0 aromatic heterocycles. The number of hydrogen-bond donors (Lipinski definition) is 1. The summed E-state index contributed by atoms with van der Waals surface area (Å²) in [7, 11) is 1.99. The molecule has 1 atom stereocenters. The third-order valence-corrected chi connectivity index (χ3v) is 4.45. The van der Waals surface area contributed by atoms with Crippen LogP contribution in [0.15, 0.2) is 67.3 Å². The van der Waals surface area contributed by atoms with Crippen molar-refractivity contribution in [3.8, 4) is 5.75 Å². The molecule has 0 spiro atoms. The van der Waals surface area contributed by atoms with Gasteiger partial charge in [0, 0.05) is 12.6 Å². The van der Waals surface area contributed by atoms with Gasteiger partial charge in [-0.05, 0) is 43.1 Å². The predicted molar refractivity (Wildman–Crippen MR) is 104 cm³/mol. The Morgan fingerprint density at radius 1 is 1.23 bits per heavy atom. The van der Waals surface area contributed by atoms with Crippen LogP contribution in [-0.4, -0.2) is 30.5 Å². The Morgan fingerprint density at radius 3 is 2.54 bits per heavy atom. The normalized spacial score (nSPS) is 14.7. The smallest absolute Gasteiger partial charge is 0.242 e. The number of likely N-dealkylation sites (N-methyl/N-ethyl adjacent to an activating group) is 1. The van der Waals surface area contributed by atoms with E-state index in [9.17, 15) is 4.79 Å². The van der Waals surface area contributed by atoms with Crippen molar-refractivity contribution in [1.82, 2.24) is 10.2 Å². The van der Waals surface area contributed by atoms with E-state index in [-0.39, 0.29) is 11.9 Å². The maximum atomic E-state index is 12.8. The standard InChI is InChI=1S/C22H26N2O2/c1-3-15-26-20-13-9-17(10-14-20)16-24(2)21(18-7-5-4-6-8-18)22(25)23-19-11-12-19/h3-10,13-14,19,21H,1,11-12,15-16H2,2H3,(H,23,25)/t21-/m0/s1. The summed E-state index contributed by atoms with van der Waals surface area (Å²) in [6.07, 6.45) is 3.90. The molecule has 0 radical (unpaired) electrons. The number of benzene rings is 2. The molecule has 2 aromatic carbocycles. The van der Waals surface area contributed by atoms with E-state index in [1.54, 1.807) is 6.08 Å². The van der Waals surface area contributed by atoms with Gasteiger partial charge in [-0.25, -0.2) is 0 Å². The lowest BCUT2D eigenvalue weighted by Crippen LogP contribution is -2.39. The summed E-state index contributed by atoms with van der Waals surface area (Å²) >= 11 is 0. The summed E-state index contributed by atoms with van der Waals surface area (Å²) < 4.78 is 5.53. The van der Waals surface area contributed by atoms with Crippen LogP contribution < -0.4 is 10.1 Å². The number of nitrogens with zero attached hydrogens (tertiary/aromatic N) is 1. The first kappa shape index (κ1) is 18.2. The van der Waals surface area contributed by atoms with Crippen LogP contribution in [0.2, 0.25) is 0 Å². The Balaban J connectivity index is 1.71. The number of rotatable bonds is 9. The molecule has 136 valence electrons. The Hall–Kier alpha value is -2.59. The second-order valence-corrected chi connectivity index (χ2v) is 6.75. The molecule has 4 heteroatoms. The molecule has 1 saturated carbocycles. The summed E-state index contributed by atoms with van der Waals surface area (Å²) in [6.45, 7) is 4.83. The highest BCUT2D eigenvalue weighted by Crippen LogP contribution is 2.25. The highest BCUT2D eigenvalue weighted by atomic mass is 16.5. The minimum absolute atomic E-state index is 0.0761. The Bertz CT molecular complexity index is 724. The van der Waals surface area contributed by atoms with Crippen molar-refractivity contribution in [3.63, 3.8) is 0 Å². The third-order valence-electron chi connectivity index (χ3n) is 4.45. The van der Waals surface area contributed by atoms with Gasteiger partial charge in [0.2, 0.25) is 5.91 Å². The molecule has 0 aliphatic heterocycles. The van der Waals surface area contributed by atoms with Gasteiger partial charge < -0.3 is 10.1 Å². The van der Waals surface area contributed by atoms with Crippen LogP contribution in [0, 0.1) is 0 Å². The van der Waals surface area contributed by atoms with Crippen LogP contribution in [0.3, 0.4) is 0 Å². The van der Waals surface area contributed by atoms with E-state index in [1.807, 2.05) is 61.6 Å². The molecular weight excluding hydrogens is 324 g/mol. The van der Waals surface area contributed by atoms with Gasteiger partial charge in [0.1, 0.15) is 18.4 Å². The Kier molecular flexibility index (Phi) is 6.08. The quantitative estimate of drug-likeness (QED) is 0.701. The average Bonchev–Trinajstić information content (AvgIpc) is 3.46. The van der Waals surface area contributed by atoms with Crippen LogP contribution in [0.4, 0.5) is 0 Å². The van der Waals surface area contributed by atoms with E-state index in [0.717, 1.165) is 29.7 Å². The fraction of sp³-hybridized carbons (Fsp3) is 0.318. The van der Waals surface area contributed by atoms with Crippen LogP contribution in [0.1, 0.15) is 30.0 Å². The molecule has 0 heterocycles. The molecule has 4 nitrogen and oxygen atoms in total. The van der Waals surface area contributed by atoms with Gasteiger partial charge in [0.25, 0.3) is 0 Å². The number of carbonyl (C=O) groups is 1. The van der Waals surface area contributed by atoms with E-state index in [1.165, 1.54) is 0 Å². The minimum atomic E-state index is -0.298. The highest BCUT2D eigenvalue weighted by molar-refractivity contribution is 5.83. The Labute approximate surface area is 155 Å². The second-order valence-electron chi connectivity index (χ2n) is 6.75. The summed E-state index contributed by atoms with van der Waals surface area (Å²) in [4.78, 5) is 14.9. The molecule has 2 aromatic rings. The van der Waals surface area contributed by atoms with Gasteiger partial charge in [0.05, 0.1) is 0 Å². The van der Waals surface area contributed by atoms with Crippen molar-refractivity contribution in [2.24, 2.45) is 0 Å². The first-order valence-electron chi connectivity index (χ1n) is 9.05. The number of hydrogen-bond acceptors (Lipinski definition) is 3. The fourth-order valence-corrected chi connectivity index (χ4v) is 2.97. The van der Waals surface area contributed by atoms with Crippen molar-refractivity contribution in [3.05, 3.63) is 78.4 Å². The molecule has 3 rings (SSSR count).